The van der Waals surface area contributed by atoms with Crippen molar-refractivity contribution in [1.82, 2.24) is 5.32 Å². The first-order chi connectivity index (χ1) is 34.0. The topological polar surface area (TPSA) is 108 Å². The van der Waals surface area contributed by atoms with Crippen LogP contribution in [0.5, 0.6) is 0 Å². The van der Waals surface area contributed by atoms with Gasteiger partial charge in [-0.1, -0.05) is 247 Å². The van der Waals surface area contributed by atoms with E-state index in [-0.39, 0.29) is 12.5 Å². The molecule has 1 amide bonds. The van der Waals surface area contributed by atoms with Crippen molar-refractivity contribution in [3.8, 4) is 0 Å². The molecule has 0 spiro atoms. The van der Waals surface area contributed by atoms with Gasteiger partial charge in [-0.25, -0.2) is 0 Å². The van der Waals surface area contributed by atoms with E-state index in [4.69, 9.17) is 9.05 Å². The monoisotopic (exact) mass is 999 g/mol. The first-order valence-electron chi connectivity index (χ1n) is 28.9. The van der Waals surface area contributed by atoms with Crippen LogP contribution in [0.2, 0.25) is 0 Å². The van der Waals surface area contributed by atoms with Gasteiger partial charge >= 0.3 is 0 Å². The third-order valence-corrected chi connectivity index (χ3v) is 13.6. The first-order valence-corrected chi connectivity index (χ1v) is 30.4. The molecule has 0 aliphatic heterocycles. The lowest BCUT2D eigenvalue weighted by atomic mass is 10.0. The number of nitrogens with zero attached hydrogens (tertiary/aromatic N) is 1. The van der Waals surface area contributed by atoms with Crippen LogP contribution in [0.3, 0.4) is 0 Å². The van der Waals surface area contributed by atoms with Crippen LogP contribution >= 0.6 is 7.82 Å². The molecule has 70 heavy (non-hydrogen) atoms. The number of aliphatic hydroxyl groups excluding tert-OH is 1. The zero-order chi connectivity index (χ0) is 51.3. The number of likely N-dealkylation sites (N-methyl/N-ethyl adjacent to an activating group) is 1. The van der Waals surface area contributed by atoms with E-state index in [2.05, 4.69) is 92.1 Å². The van der Waals surface area contributed by atoms with Crippen LogP contribution in [-0.2, 0) is 18.4 Å². The minimum atomic E-state index is -4.60. The summed E-state index contributed by atoms with van der Waals surface area (Å²) in [6.45, 7) is 4.50. The lowest BCUT2D eigenvalue weighted by molar-refractivity contribution is -0.870. The first kappa shape index (κ1) is 67.7. The second kappa shape index (κ2) is 51.6. The highest BCUT2D eigenvalue weighted by Crippen LogP contribution is 2.38. The predicted octanol–water partition coefficient (Wildman–Crippen LogP) is 17.0. The number of carbonyl (C=O) groups is 1. The summed E-state index contributed by atoms with van der Waals surface area (Å²) in [6.07, 6.45) is 72.5. The Hall–Kier alpha value is -2.32. The van der Waals surface area contributed by atoms with Gasteiger partial charge < -0.3 is 28.8 Å². The molecule has 0 aliphatic rings. The van der Waals surface area contributed by atoms with E-state index in [1.165, 1.54) is 154 Å². The molecule has 3 unspecified atom stereocenters. The number of phosphoric ester groups is 1. The summed E-state index contributed by atoms with van der Waals surface area (Å²) in [6, 6.07) is -0.904. The van der Waals surface area contributed by atoms with Crippen LogP contribution in [0.25, 0.3) is 0 Å². The van der Waals surface area contributed by atoms with Crippen molar-refractivity contribution < 1.29 is 32.9 Å². The Kier molecular flexibility index (Phi) is 49.9. The second-order valence-electron chi connectivity index (χ2n) is 20.6. The molecule has 0 aromatic carbocycles. The number of amides is 1. The number of phosphoric acid groups is 1. The minimum Gasteiger partial charge on any atom is -0.756 e. The number of unbranched alkanes of at least 4 members (excludes halogenated alkanes) is 27. The molecule has 0 heterocycles. The average Bonchev–Trinajstić information content (AvgIpc) is 3.32. The molecule has 0 aromatic rings. The SMILES string of the molecule is CC/C=C\C/C=C\C/C=C\C/C=C\C/C=C\CCCCCCCCCCCCCCCCCCCCCC(=O)NC(COP(=O)([O-])OCC[N+](C)(C)C)C(O)/C=C/CC/C=C/CCCCCCCCC. The highest BCUT2D eigenvalue weighted by molar-refractivity contribution is 7.45. The molecule has 0 bridgehead atoms. The normalized spacial score (nSPS) is 14.6. The number of allylic oxidation sites excluding steroid dienone is 13. The van der Waals surface area contributed by atoms with Crippen molar-refractivity contribution in [3.63, 3.8) is 0 Å². The van der Waals surface area contributed by atoms with Gasteiger partial charge in [0, 0.05) is 6.42 Å². The smallest absolute Gasteiger partial charge is 0.268 e. The maximum Gasteiger partial charge on any atom is 0.268 e. The maximum atomic E-state index is 12.9. The van der Waals surface area contributed by atoms with E-state index in [9.17, 15) is 19.4 Å². The molecule has 0 radical (unpaired) electrons. The van der Waals surface area contributed by atoms with Gasteiger partial charge in [-0.2, -0.15) is 0 Å². The van der Waals surface area contributed by atoms with Crippen LogP contribution in [0.15, 0.2) is 85.1 Å². The van der Waals surface area contributed by atoms with E-state index >= 15 is 0 Å². The molecule has 0 saturated carbocycles. The van der Waals surface area contributed by atoms with Crippen LogP contribution in [-0.4, -0.2) is 68.5 Å². The number of rotatable bonds is 52. The Morgan fingerprint density at radius 1 is 0.514 bits per heavy atom. The molecule has 9 heteroatoms. The van der Waals surface area contributed by atoms with Crippen molar-refractivity contribution in [1.29, 1.82) is 0 Å². The molecule has 406 valence electrons. The zero-order valence-corrected chi connectivity index (χ0v) is 47.1. The van der Waals surface area contributed by atoms with Crippen molar-refractivity contribution in [3.05, 3.63) is 85.1 Å². The second-order valence-corrected chi connectivity index (χ2v) is 22.0. The quantitative estimate of drug-likeness (QED) is 0.0272. The number of carbonyl (C=O) groups excluding carboxylic acids is 1. The molecule has 0 saturated heterocycles. The Morgan fingerprint density at radius 2 is 0.886 bits per heavy atom. The highest BCUT2D eigenvalue weighted by atomic mass is 31.2. The molecule has 8 nitrogen and oxygen atoms in total. The zero-order valence-electron chi connectivity index (χ0n) is 46.2. The van der Waals surface area contributed by atoms with Gasteiger partial charge in [-0.05, 0) is 77.0 Å². The van der Waals surface area contributed by atoms with E-state index < -0.39 is 26.6 Å². The van der Waals surface area contributed by atoms with Gasteiger partial charge in [0.05, 0.1) is 39.9 Å². The van der Waals surface area contributed by atoms with E-state index in [0.29, 0.717) is 17.4 Å². The Morgan fingerprint density at radius 3 is 1.33 bits per heavy atom. The van der Waals surface area contributed by atoms with Crippen molar-refractivity contribution >= 4 is 13.7 Å². The van der Waals surface area contributed by atoms with E-state index in [1.807, 2.05) is 27.2 Å². The summed E-state index contributed by atoms with van der Waals surface area (Å²) >= 11 is 0. The lowest BCUT2D eigenvalue weighted by Crippen LogP contribution is -2.45. The van der Waals surface area contributed by atoms with Crippen LogP contribution in [0.1, 0.15) is 245 Å². The molecule has 0 fully saturated rings. The molecule has 3 atom stereocenters. The Bertz CT molecular complexity index is 1410. The van der Waals surface area contributed by atoms with E-state index in [1.54, 1.807) is 6.08 Å². The maximum absolute atomic E-state index is 12.9. The minimum absolute atomic E-state index is 0.00789. The average molecular weight is 1000 g/mol. The van der Waals surface area contributed by atoms with Gasteiger partial charge in [0.1, 0.15) is 13.2 Å². The Balaban J connectivity index is 4.02. The Labute approximate surface area is 433 Å². The molecule has 0 aromatic heterocycles. The number of hydrogen-bond acceptors (Lipinski definition) is 6. The number of aliphatic hydroxyl groups is 1. The fraction of sp³-hybridized carbons (Fsp3) is 0.754. The molecular weight excluding hydrogens is 888 g/mol. The van der Waals surface area contributed by atoms with Gasteiger partial charge in [0.25, 0.3) is 7.82 Å². The predicted molar refractivity (Wildman–Crippen MR) is 302 cm³/mol. The third-order valence-electron chi connectivity index (χ3n) is 12.6. The number of quaternary nitrogens is 1. The van der Waals surface area contributed by atoms with Gasteiger partial charge in [-0.15, -0.1) is 0 Å². The highest BCUT2D eigenvalue weighted by Gasteiger charge is 2.23. The summed E-state index contributed by atoms with van der Waals surface area (Å²) in [4.78, 5) is 25.4. The third kappa shape index (κ3) is 53.5. The van der Waals surface area contributed by atoms with Crippen LogP contribution in [0.4, 0.5) is 0 Å². The molecule has 0 aliphatic carbocycles. The van der Waals surface area contributed by atoms with Crippen molar-refractivity contribution in [2.24, 2.45) is 0 Å². The fourth-order valence-corrected chi connectivity index (χ4v) is 8.80. The summed E-state index contributed by atoms with van der Waals surface area (Å²) in [7, 11) is 1.24. The summed E-state index contributed by atoms with van der Waals surface area (Å²) < 4.78 is 23.3. The van der Waals surface area contributed by atoms with Gasteiger partial charge in [0.2, 0.25) is 5.91 Å². The van der Waals surface area contributed by atoms with Crippen LogP contribution < -0.4 is 10.2 Å². The van der Waals surface area contributed by atoms with Gasteiger partial charge in [-0.3, -0.25) is 9.36 Å². The summed E-state index contributed by atoms with van der Waals surface area (Å²) in [5.74, 6) is -0.208. The van der Waals surface area contributed by atoms with Crippen molar-refractivity contribution in [2.45, 2.75) is 257 Å². The largest absolute Gasteiger partial charge is 0.756 e. The summed E-state index contributed by atoms with van der Waals surface area (Å²) in [5.41, 5.74) is 0. The van der Waals surface area contributed by atoms with Crippen LogP contribution in [0, 0.1) is 0 Å². The number of hydrogen-bond donors (Lipinski definition) is 2. The van der Waals surface area contributed by atoms with E-state index in [0.717, 1.165) is 70.6 Å². The van der Waals surface area contributed by atoms with Gasteiger partial charge in [0.15, 0.2) is 0 Å². The summed E-state index contributed by atoms with van der Waals surface area (Å²) in [5, 5.41) is 13.8. The molecular formula is C61H111N2O6P. The molecule has 2 N–H and O–H groups in total. The fourth-order valence-electron chi connectivity index (χ4n) is 8.08. The lowest BCUT2D eigenvalue weighted by Gasteiger charge is -2.29. The standard InChI is InChI=1S/C61H111N2O6P/c1-6-8-10-12-14-16-18-20-21-22-23-24-25-26-27-28-29-30-31-32-33-34-35-36-37-38-39-40-41-43-45-47-49-51-53-55-61(65)62-59(58-69-70(66,67)68-57-56-63(3,4)5)60(64)54-52-50-48-46-44-42-19-17-15-13-11-9-7-2/h8,10,14,16,20-21,23-24,26-27,44,46,52,54,59-60,64H,6-7,9,11-13,15,17-19,22,25,28-43,45,47-51,53,55-58H2,1-5H3,(H-,62,65,66,67)/b10-8-,16-14-,21-20-,24-23-,27-26-,46-44+,54-52+. The number of nitrogens with one attached hydrogen (secondary N) is 1. The molecule has 0 rings (SSSR count). The van der Waals surface area contributed by atoms with Crippen molar-refractivity contribution in [2.75, 3.05) is 40.9 Å².